The van der Waals surface area contributed by atoms with Gasteiger partial charge in [0.25, 0.3) is 0 Å². The van der Waals surface area contributed by atoms with Crippen LogP contribution >= 0.6 is 11.6 Å². The first-order chi connectivity index (χ1) is 25.2. The number of nitrogens with zero attached hydrogens (tertiary/aromatic N) is 6. The van der Waals surface area contributed by atoms with Crippen LogP contribution < -0.4 is 0 Å². The molecular weight excluding hydrogens is 628 g/mol. The molecule has 0 aliphatic carbocycles. The molecule has 0 aliphatic heterocycles. The van der Waals surface area contributed by atoms with Crippen LogP contribution in [-0.4, -0.2) is 34.9 Å². The van der Waals surface area contributed by atoms with E-state index in [9.17, 15) is 5.11 Å². The van der Waals surface area contributed by atoms with Gasteiger partial charge in [0.1, 0.15) is 5.82 Å². The second kappa shape index (κ2) is 14.4. The molecule has 1 unspecified atom stereocenters. The Morgan fingerprint density at radius 2 is 1.29 bits per heavy atom. The summed E-state index contributed by atoms with van der Waals surface area (Å²) in [5.41, 5.74) is 5.60. The van der Waals surface area contributed by atoms with Crippen LogP contribution in [0.15, 0.2) is 140 Å². The molecule has 0 fully saturated rings. The number of aryl methyl sites for hydroxylation is 1. The molecule has 7 aromatic rings. The highest BCUT2D eigenvalue weighted by Gasteiger charge is 2.41. The van der Waals surface area contributed by atoms with Gasteiger partial charge in [-0.3, -0.25) is 0 Å². The monoisotopic (exact) mass is 667 g/mol. The molecule has 0 bridgehead atoms. The molecular formula is C41H37ClN6O. The van der Waals surface area contributed by atoms with Crippen molar-refractivity contribution in [2.45, 2.75) is 44.8 Å². The summed E-state index contributed by atoms with van der Waals surface area (Å²) in [5.74, 6) is 0.568. The summed E-state index contributed by atoms with van der Waals surface area (Å²) in [4.78, 5) is 5.97. The summed E-state index contributed by atoms with van der Waals surface area (Å²) < 4.78 is 26.8. The van der Waals surface area contributed by atoms with Crippen molar-refractivity contribution in [1.82, 2.24) is 29.8 Å². The topological polar surface area (TPSA) is 81.7 Å². The molecule has 49 heavy (non-hydrogen) atoms. The van der Waals surface area contributed by atoms with Gasteiger partial charge in [0.15, 0.2) is 10.7 Å². The molecule has 0 saturated carbocycles. The van der Waals surface area contributed by atoms with Crippen LogP contribution in [0.5, 0.6) is 0 Å². The maximum Gasteiger partial charge on any atom is 0.205 e. The van der Waals surface area contributed by atoms with Crippen molar-refractivity contribution in [3.05, 3.63) is 178 Å². The van der Waals surface area contributed by atoms with Crippen LogP contribution in [-0.2, 0) is 25.0 Å². The molecule has 1 atom stereocenters. The fourth-order valence-corrected chi connectivity index (χ4v) is 6.57. The molecule has 2 aromatic heterocycles. The van der Waals surface area contributed by atoms with Gasteiger partial charge in [-0.15, -0.1) is 15.0 Å². The third-order valence-corrected chi connectivity index (χ3v) is 8.96. The second-order valence-corrected chi connectivity index (χ2v) is 12.1. The number of tetrazole rings is 1. The number of hydrogen-bond donors (Lipinski definition) is 1. The minimum atomic E-state index is -1.78. The SMILES string of the molecule is [2H]C(O)c1c(Cl)nc(C([2H])([2H])CCC)n1Cc1ccc(-c2ccccc2-c2nnn(C(c3ccccc3)(c3ccccc3)c3ccccc3)n2)cc1. The number of benzene rings is 5. The van der Waals surface area contributed by atoms with E-state index in [0.29, 0.717) is 12.2 Å². The number of aliphatic hydroxyl groups excluding tert-OH is 1. The summed E-state index contributed by atoms with van der Waals surface area (Å²) in [7, 11) is 0. The molecule has 7 nitrogen and oxygen atoms in total. The quantitative estimate of drug-likeness (QED) is 0.132. The van der Waals surface area contributed by atoms with Crippen molar-refractivity contribution >= 4 is 11.6 Å². The number of hydrogen-bond acceptors (Lipinski definition) is 5. The first kappa shape index (κ1) is 28.6. The lowest BCUT2D eigenvalue weighted by Crippen LogP contribution is -2.39. The first-order valence-corrected chi connectivity index (χ1v) is 16.6. The molecule has 0 radical (unpaired) electrons. The van der Waals surface area contributed by atoms with Crippen LogP contribution in [0, 0.1) is 0 Å². The molecule has 1 N–H and O–H groups in total. The first-order valence-electron chi connectivity index (χ1n) is 17.8. The van der Waals surface area contributed by atoms with Crippen LogP contribution in [0.4, 0.5) is 0 Å². The van der Waals surface area contributed by atoms with Gasteiger partial charge in [0, 0.05) is 21.2 Å². The van der Waals surface area contributed by atoms with E-state index in [0.717, 1.165) is 38.9 Å². The van der Waals surface area contributed by atoms with Gasteiger partial charge in [0.2, 0.25) is 5.82 Å². The molecule has 0 spiro atoms. The standard InChI is InChI=1S/C41H37ClN6O/c1-2-3-23-38-43-39(42)37(29-49)47(38)28-30-24-26-31(27-25-30)35-21-13-14-22-36(35)40-44-46-48(45-40)41(32-15-7-4-8-16-32,33-17-9-5-10-18-33)34-19-11-6-12-20-34/h4-22,24-27,49H,2-3,23,28-29H2,1H3/i23D2,29D. The lowest BCUT2D eigenvalue weighted by atomic mass is 9.77. The summed E-state index contributed by atoms with van der Waals surface area (Å²) in [5, 5.41) is 24.7. The van der Waals surface area contributed by atoms with E-state index in [1.165, 1.54) is 4.57 Å². The number of rotatable bonds is 12. The highest BCUT2D eigenvalue weighted by Crippen LogP contribution is 2.40. The van der Waals surface area contributed by atoms with E-state index in [2.05, 4.69) is 46.5 Å². The zero-order chi connectivity index (χ0) is 36.3. The molecule has 2 heterocycles. The van der Waals surface area contributed by atoms with E-state index in [-0.39, 0.29) is 29.6 Å². The Labute approximate surface area is 295 Å². The number of aromatic nitrogens is 6. The van der Waals surface area contributed by atoms with Crippen LogP contribution in [0.25, 0.3) is 22.5 Å². The summed E-state index contributed by atoms with van der Waals surface area (Å²) >= 11 is 6.34. The minimum absolute atomic E-state index is 0.0674. The van der Waals surface area contributed by atoms with E-state index in [4.69, 9.17) is 26.0 Å². The minimum Gasteiger partial charge on any atom is -0.390 e. The van der Waals surface area contributed by atoms with Crippen LogP contribution in [0.1, 0.15) is 57.6 Å². The Morgan fingerprint density at radius 1 is 0.735 bits per heavy atom. The Balaban J connectivity index is 1.28. The fourth-order valence-electron chi connectivity index (χ4n) is 6.34. The third-order valence-electron chi connectivity index (χ3n) is 8.68. The average molecular weight is 668 g/mol. The molecule has 244 valence electrons. The Morgan fingerprint density at radius 3 is 1.84 bits per heavy atom. The molecule has 5 aromatic carbocycles. The lowest BCUT2D eigenvalue weighted by molar-refractivity contribution is 0.271. The van der Waals surface area contributed by atoms with E-state index in [1.807, 2.05) is 110 Å². The average Bonchev–Trinajstić information content (AvgIpc) is 3.79. The lowest BCUT2D eigenvalue weighted by Gasteiger charge is -2.34. The normalized spacial score (nSPS) is 13.4. The number of halogens is 1. The van der Waals surface area contributed by atoms with Gasteiger partial charge in [-0.2, -0.15) is 0 Å². The smallest absolute Gasteiger partial charge is 0.205 e. The van der Waals surface area contributed by atoms with Gasteiger partial charge in [-0.25, -0.2) is 4.98 Å². The molecule has 0 aliphatic rings. The molecule has 7 rings (SSSR count). The number of aliphatic hydroxyl groups is 1. The van der Waals surface area contributed by atoms with Crippen molar-refractivity contribution in [3.63, 3.8) is 0 Å². The van der Waals surface area contributed by atoms with Crippen molar-refractivity contribution in [2.75, 3.05) is 0 Å². The maximum absolute atomic E-state index is 10.2. The van der Waals surface area contributed by atoms with Crippen molar-refractivity contribution in [1.29, 1.82) is 0 Å². The summed E-state index contributed by atoms with van der Waals surface area (Å²) in [6.45, 7) is 0.413. The summed E-state index contributed by atoms with van der Waals surface area (Å²) in [6.07, 6.45) is -0.960. The fraction of sp³-hybridized carbons (Fsp3) is 0.171. The Bertz CT molecular complexity index is 2160. The van der Waals surface area contributed by atoms with E-state index >= 15 is 0 Å². The van der Waals surface area contributed by atoms with Gasteiger partial charge in [-0.05, 0) is 45.0 Å². The highest BCUT2D eigenvalue weighted by atomic mass is 35.5. The maximum atomic E-state index is 10.2. The van der Waals surface area contributed by atoms with Gasteiger partial charge in [-0.1, -0.05) is 164 Å². The number of imidazole rings is 1. The molecule has 0 amide bonds. The summed E-state index contributed by atoms with van der Waals surface area (Å²) in [6, 6.07) is 46.4. The van der Waals surface area contributed by atoms with Crippen LogP contribution in [0.3, 0.4) is 0 Å². The second-order valence-electron chi connectivity index (χ2n) is 11.7. The largest absolute Gasteiger partial charge is 0.390 e. The zero-order valence-electron chi connectivity index (χ0n) is 30.0. The van der Waals surface area contributed by atoms with Crippen molar-refractivity contribution in [3.8, 4) is 22.5 Å². The van der Waals surface area contributed by atoms with Crippen molar-refractivity contribution < 1.29 is 9.22 Å². The molecule has 8 heteroatoms. The van der Waals surface area contributed by atoms with Crippen LogP contribution in [0.2, 0.25) is 5.15 Å². The highest BCUT2D eigenvalue weighted by molar-refractivity contribution is 6.30. The Hall–Kier alpha value is -5.37. The van der Waals surface area contributed by atoms with Gasteiger partial charge < -0.3 is 9.67 Å². The Kier molecular flexibility index (Phi) is 8.41. The van der Waals surface area contributed by atoms with E-state index in [1.54, 1.807) is 4.80 Å². The third kappa shape index (κ3) is 6.19. The zero-order valence-corrected chi connectivity index (χ0v) is 27.7. The van der Waals surface area contributed by atoms with Gasteiger partial charge >= 0.3 is 0 Å². The van der Waals surface area contributed by atoms with Gasteiger partial charge in [0.05, 0.1) is 13.6 Å². The predicted molar refractivity (Wildman–Crippen MR) is 194 cm³/mol. The van der Waals surface area contributed by atoms with Crippen molar-refractivity contribution in [2.24, 2.45) is 0 Å². The predicted octanol–water partition coefficient (Wildman–Crippen LogP) is 8.58. The molecule has 0 saturated heterocycles. The van der Waals surface area contributed by atoms with E-state index < -0.39 is 18.5 Å².